The van der Waals surface area contributed by atoms with Gasteiger partial charge in [0.25, 0.3) is 0 Å². The van der Waals surface area contributed by atoms with E-state index < -0.39 is 8.72 Å². The standard InChI is InChI=1S/C4H16N4Si.4C2H6N.4CH4.Hf/c1-5-9(6-2,7-3)8-4;4*1-3-2;;;;;/h5-8H,1-4H3;4*1-2H3;4*1H4;/q;4*-1;;;;;+4. The van der Waals surface area contributed by atoms with Gasteiger partial charge in [0.05, 0.1) is 0 Å². The van der Waals surface area contributed by atoms with E-state index in [-0.39, 0.29) is 55.5 Å². The molecule has 0 amide bonds. The van der Waals surface area contributed by atoms with Crippen LogP contribution in [0.3, 0.4) is 0 Å². The molecule has 0 saturated heterocycles. The summed E-state index contributed by atoms with van der Waals surface area (Å²) in [5, 5.41) is 14.0. The Labute approximate surface area is 189 Å². The van der Waals surface area contributed by atoms with Gasteiger partial charge in [-0.2, -0.15) is 56.4 Å². The molecular weight excluding hydrogens is 511 g/mol. The minimum atomic E-state index is -1.69. The van der Waals surface area contributed by atoms with Crippen LogP contribution >= 0.6 is 0 Å². The van der Waals surface area contributed by atoms with Crippen molar-refractivity contribution >= 4 is 8.72 Å². The van der Waals surface area contributed by atoms with E-state index in [1.165, 1.54) is 0 Å². The molecule has 0 rings (SSSR count). The predicted molar refractivity (Wildman–Crippen MR) is 130 cm³/mol. The molecule has 0 aliphatic rings. The van der Waals surface area contributed by atoms with Gasteiger partial charge in [-0.1, -0.05) is 29.7 Å². The molecule has 4 N–H and O–H groups in total. The van der Waals surface area contributed by atoms with Crippen molar-refractivity contribution in [2.45, 2.75) is 29.7 Å². The Morgan fingerprint density at radius 2 is 0.500 bits per heavy atom. The van der Waals surface area contributed by atoms with E-state index >= 15 is 0 Å². The van der Waals surface area contributed by atoms with Gasteiger partial charge in [0.2, 0.25) is 0 Å². The molecule has 0 aliphatic heterocycles. The van der Waals surface area contributed by atoms with Gasteiger partial charge in [0, 0.05) is 0 Å². The third-order valence-corrected chi connectivity index (χ3v) is 4.50. The number of hydrogen-bond acceptors (Lipinski definition) is 4. The quantitative estimate of drug-likeness (QED) is 0.392. The zero-order chi connectivity index (χ0) is 18.2. The van der Waals surface area contributed by atoms with Gasteiger partial charge in [-0.05, 0) is 28.2 Å². The molecule has 0 unspecified atom stereocenters. The summed E-state index contributed by atoms with van der Waals surface area (Å²) in [6.07, 6.45) is 0. The fourth-order valence-electron chi connectivity index (χ4n) is 0.750. The Kier molecular flexibility index (Phi) is 176. The van der Waals surface area contributed by atoms with Crippen LogP contribution in [0.25, 0.3) is 21.3 Å². The Balaban J connectivity index is -0.0000000164. The zero-order valence-electron chi connectivity index (χ0n) is 16.8. The van der Waals surface area contributed by atoms with Crippen molar-refractivity contribution in [2.24, 2.45) is 0 Å². The van der Waals surface area contributed by atoms with Gasteiger partial charge >= 0.3 is 34.6 Å². The molecular formula is C16H56HfN8Si. The van der Waals surface area contributed by atoms with E-state index in [1.807, 2.05) is 28.2 Å². The maximum absolute atomic E-state index is 3.50. The molecule has 0 atom stereocenters. The predicted octanol–water partition coefficient (Wildman–Crippen LogP) is 3.32. The third kappa shape index (κ3) is 85.8. The van der Waals surface area contributed by atoms with Crippen LogP contribution in [0.15, 0.2) is 0 Å². The number of rotatable bonds is 4. The van der Waals surface area contributed by atoms with E-state index in [0.29, 0.717) is 0 Å². The van der Waals surface area contributed by atoms with Crippen LogP contribution in [0.2, 0.25) is 0 Å². The third-order valence-electron chi connectivity index (χ3n) is 1.50. The summed E-state index contributed by atoms with van der Waals surface area (Å²) in [6, 6.07) is 0. The number of nitrogens with zero attached hydrogens (tertiary/aromatic N) is 4. The van der Waals surface area contributed by atoms with Gasteiger partial charge in [-0.3, -0.25) is 0 Å². The van der Waals surface area contributed by atoms with Crippen molar-refractivity contribution in [1.29, 1.82) is 0 Å². The van der Waals surface area contributed by atoms with E-state index in [2.05, 4.69) is 41.2 Å². The van der Waals surface area contributed by atoms with E-state index in [1.54, 1.807) is 56.4 Å². The van der Waals surface area contributed by atoms with Crippen molar-refractivity contribution in [2.75, 3.05) is 84.6 Å². The van der Waals surface area contributed by atoms with Crippen molar-refractivity contribution in [3.63, 3.8) is 0 Å². The minimum Gasteiger partial charge on any atom is -0.668 e. The summed E-state index contributed by atoms with van der Waals surface area (Å²) in [5.41, 5.74) is 0. The SMILES string of the molecule is C.C.C.C.CN[Si](NC)(NC)NC.C[N-]C.C[N-]C.C[N-]C.C[N-]C.[Hf+4]. The molecule has 0 aromatic heterocycles. The molecule has 26 heavy (non-hydrogen) atoms. The molecule has 0 aromatic rings. The van der Waals surface area contributed by atoms with Gasteiger partial charge in [-0.15, -0.1) is 0 Å². The average molecular weight is 567 g/mol. The molecule has 0 spiro atoms. The summed E-state index contributed by atoms with van der Waals surface area (Å²) in [5.74, 6) is 0. The van der Waals surface area contributed by atoms with Crippen LogP contribution < -0.4 is 19.9 Å². The topological polar surface area (TPSA) is 105 Å². The van der Waals surface area contributed by atoms with Gasteiger partial charge in [0.1, 0.15) is 0 Å². The first-order valence-corrected chi connectivity index (χ1v) is 8.58. The second-order valence-corrected chi connectivity index (χ2v) is 7.04. The average Bonchev–Trinajstić information content (AvgIpc) is 2.45. The monoisotopic (exact) mass is 568 g/mol. The first kappa shape index (κ1) is 63.2. The maximum Gasteiger partial charge on any atom is 4.00 e. The Hall–Kier alpha value is 0.767. The summed E-state index contributed by atoms with van der Waals surface area (Å²) < 4.78 is 0. The number of hydrogen-bond donors (Lipinski definition) is 4. The van der Waals surface area contributed by atoms with Crippen molar-refractivity contribution < 1.29 is 25.8 Å². The molecule has 8 nitrogen and oxygen atoms in total. The molecule has 0 bridgehead atoms. The molecule has 0 aromatic carbocycles. The van der Waals surface area contributed by atoms with Crippen molar-refractivity contribution in [3.05, 3.63) is 21.3 Å². The van der Waals surface area contributed by atoms with Gasteiger partial charge in [-0.25, -0.2) is 0 Å². The van der Waals surface area contributed by atoms with E-state index in [4.69, 9.17) is 0 Å². The van der Waals surface area contributed by atoms with Crippen LogP contribution in [-0.2, 0) is 25.8 Å². The first-order chi connectivity index (χ1) is 9.90. The van der Waals surface area contributed by atoms with Crippen LogP contribution in [0, 0.1) is 0 Å². The normalized spacial score (nSPS) is 6.92. The van der Waals surface area contributed by atoms with Gasteiger partial charge in [0.15, 0.2) is 0 Å². The molecule has 0 saturated carbocycles. The van der Waals surface area contributed by atoms with Crippen LogP contribution in [0.5, 0.6) is 0 Å². The molecule has 168 valence electrons. The first-order valence-electron chi connectivity index (χ1n) is 6.58. The molecule has 0 fully saturated rings. The van der Waals surface area contributed by atoms with Crippen LogP contribution in [0.1, 0.15) is 29.7 Å². The zero-order valence-corrected chi connectivity index (χ0v) is 21.4. The Morgan fingerprint density at radius 3 is 0.500 bits per heavy atom. The van der Waals surface area contributed by atoms with E-state index in [9.17, 15) is 0 Å². The molecule has 0 aliphatic carbocycles. The van der Waals surface area contributed by atoms with Gasteiger partial charge < -0.3 is 41.2 Å². The smallest absolute Gasteiger partial charge is 0.668 e. The number of nitrogens with one attached hydrogen (secondary N) is 4. The molecule has 10 heteroatoms. The summed E-state index contributed by atoms with van der Waals surface area (Å²) in [4.78, 5) is 12.7. The summed E-state index contributed by atoms with van der Waals surface area (Å²) >= 11 is 0. The maximum atomic E-state index is 3.50. The van der Waals surface area contributed by atoms with Crippen LogP contribution in [-0.4, -0.2) is 93.3 Å². The summed E-state index contributed by atoms with van der Waals surface area (Å²) in [6.45, 7) is 0. The second-order valence-electron chi connectivity index (χ2n) is 3.54. The fourth-order valence-corrected chi connectivity index (χ4v) is 2.25. The van der Waals surface area contributed by atoms with Crippen molar-refractivity contribution in [3.8, 4) is 0 Å². The molecule has 0 heterocycles. The Morgan fingerprint density at radius 1 is 0.423 bits per heavy atom. The molecule has 0 radical (unpaired) electrons. The second kappa shape index (κ2) is 72.5. The largest absolute Gasteiger partial charge is 4.00 e. The fraction of sp³-hybridized carbons (Fsp3) is 1.00. The Bertz CT molecular complexity index is 109. The minimum absolute atomic E-state index is 0. The van der Waals surface area contributed by atoms with Crippen LogP contribution in [0.4, 0.5) is 0 Å². The summed E-state index contributed by atoms with van der Waals surface area (Å²) in [7, 11) is 20.0. The van der Waals surface area contributed by atoms with Crippen molar-refractivity contribution in [1.82, 2.24) is 19.9 Å². The van der Waals surface area contributed by atoms with E-state index in [0.717, 1.165) is 0 Å².